The molecule has 0 unspecified atom stereocenters. The number of ether oxygens (including phenoxy) is 2. The summed E-state index contributed by atoms with van der Waals surface area (Å²) in [5, 5.41) is 4.16. The first-order chi connectivity index (χ1) is 17.4. The number of nitrogens with zero attached hydrogens (tertiary/aromatic N) is 3. The summed E-state index contributed by atoms with van der Waals surface area (Å²) in [5.74, 6) is 2.39. The van der Waals surface area contributed by atoms with Crippen molar-refractivity contribution in [3.8, 4) is 5.75 Å². The largest absolute Gasteiger partial charge is 0.497 e. The van der Waals surface area contributed by atoms with Crippen molar-refractivity contribution in [2.75, 3.05) is 54.6 Å². The number of pyridine rings is 1. The van der Waals surface area contributed by atoms with Crippen LogP contribution >= 0.6 is 24.0 Å². The van der Waals surface area contributed by atoms with Crippen molar-refractivity contribution in [3.63, 3.8) is 0 Å². The van der Waals surface area contributed by atoms with Gasteiger partial charge in [0.15, 0.2) is 0 Å². The number of hydrogen-bond donors (Lipinski definition) is 1. The van der Waals surface area contributed by atoms with Gasteiger partial charge in [0.05, 0.1) is 37.1 Å². The Morgan fingerprint density at radius 2 is 2.06 bits per heavy atom. The van der Waals surface area contributed by atoms with E-state index in [1.54, 1.807) is 19.2 Å². The first-order valence-corrected chi connectivity index (χ1v) is 13.3. The summed E-state index contributed by atoms with van der Waals surface area (Å²) >= 11 is 7.49. The summed E-state index contributed by atoms with van der Waals surface area (Å²) < 4.78 is 25.7. The van der Waals surface area contributed by atoms with Crippen LogP contribution in [-0.4, -0.2) is 67.0 Å². The quantitative estimate of drug-likeness (QED) is 0.470. The average Bonchev–Trinajstić information content (AvgIpc) is 3.27. The third-order valence-electron chi connectivity index (χ3n) is 6.42. The Kier molecular flexibility index (Phi) is 7.15. The molecule has 1 atom stereocenters. The molecule has 0 bridgehead atoms. The van der Waals surface area contributed by atoms with Crippen LogP contribution in [0, 0.1) is 12.7 Å². The highest BCUT2D eigenvalue weighted by atomic mass is 32.2. The minimum Gasteiger partial charge on any atom is -0.497 e. The number of cyclic esters (lactones) is 1. The lowest BCUT2D eigenvalue weighted by atomic mass is 10.1. The minimum atomic E-state index is -0.494. The van der Waals surface area contributed by atoms with Crippen LogP contribution in [0.5, 0.6) is 5.75 Å². The Hall–Kier alpha value is -3.11. The molecule has 1 amide bonds. The maximum absolute atomic E-state index is 14.9. The molecule has 3 aromatic rings. The maximum atomic E-state index is 14.9. The van der Waals surface area contributed by atoms with Gasteiger partial charge in [0, 0.05) is 47.3 Å². The molecule has 2 fully saturated rings. The number of thioether (sulfide) groups is 1. The molecule has 188 valence electrons. The Morgan fingerprint density at radius 1 is 1.25 bits per heavy atom. The number of anilines is 2. The van der Waals surface area contributed by atoms with Crippen LogP contribution in [0.15, 0.2) is 42.5 Å². The average molecular weight is 527 g/mol. The molecular formula is C26H27FN4O3S2. The van der Waals surface area contributed by atoms with Gasteiger partial charge in [-0.2, -0.15) is 11.8 Å². The zero-order valence-electron chi connectivity index (χ0n) is 20.1. The van der Waals surface area contributed by atoms with Crippen LogP contribution in [0.25, 0.3) is 10.9 Å². The summed E-state index contributed by atoms with van der Waals surface area (Å²) in [4.78, 5) is 21.2. The van der Waals surface area contributed by atoms with Gasteiger partial charge in [-0.05, 0) is 43.3 Å². The third-order valence-corrected chi connectivity index (χ3v) is 7.73. The van der Waals surface area contributed by atoms with Crippen LogP contribution in [0.2, 0.25) is 0 Å². The van der Waals surface area contributed by atoms with Gasteiger partial charge in [0.1, 0.15) is 22.7 Å². The van der Waals surface area contributed by atoms with E-state index in [1.807, 2.05) is 47.9 Å². The van der Waals surface area contributed by atoms with E-state index in [-0.39, 0.29) is 5.82 Å². The number of carbonyl (C=O) groups excluding carboxylic acids is 1. The van der Waals surface area contributed by atoms with Gasteiger partial charge < -0.3 is 19.7 Å². The van der Waals surface area contributed by atoms with Crippen LogP contribution in [0.4, 0.5) is 20.6 Å². The first kappa shape index (κ1) is 24.6. The van der Waals surface area contributed by atoms with Gasteiger partial charge in [-0.3, -0.25) is 9.88 Å². The number of nitrogens with one attached hydrogen (secondary N) is 1. The lowest BCUT2D eigenvalue weighted by Crippen LogP contribution is -2.34. The number of amides is 1. The number of rotatable bonds is 6. The second kappa shape index (κ2) is 10.5. The molecule has 2 aliphatic heterocycles. The predicted molar refractivity (Wildman–Crippen MR) is 146 cm³/mol. The van der Waals surface area contributed by atoms with Gasteiger partial charge in [0.2, 0.25) is 0 Å². The van der Waals surface area contributed by atoms with Gasteiger partial charge in [-0.15, -0.1) is 0 Å². The first-order valence-electron chi connectivity index (χ1n) is 11.8. The Bertz CT molecular complexity index is 1320. The van der Waals surface area contributed by atoms with Crippen molar-refractivity contribution >= 4 is 57.3 Å². The van der Waals surface area contributed by atoms with E-state index in [1.165, 1.54) is 11.0 Å². The monoisotopic (exact) mass is 526 g/mol. The normalized spacial score (nSPS) is 17.9. The van der Waals surface area contributed by atoms with E-state index >= 15 is 0 Å². The fraction of sp³-hybridized carbons (Fsp3) is 0.346. The molecule has 1 N–H and O–H groups in total. The minimum absolute atomic E-state index is 0.308. The second-order valence-corrected chi connectivity index (χ2v) is 10.4. The number of methoxy groups -OCH3 is 1. The SMILES string of the molecule is COc1ccc2cc(C(=S)NC[C@H]3CN(c4ccc(N5CCSCC5)c(F)c4)C(=O)O3)c(C)nc2c1. The lowest BCUT2D eigenvalue weighted by molar-refractivity contribution is 0.143. The fourth-order valence-electron chi connectivity index (χ4n) is 4.46. The van der Waals surface area contributed by atoms with Crippen LogP contribution < -0.4 is 19.9 Å². The van der Waals surface area contributed by atoms with Crippen LogP contribution in [0.3, 0.4) is 0 Å². The molecule has 0 radical (unpaired) electrons. The molecule has 5 rings (SSSR count). The molecule has 2 aliphatic rings. The van der Waals surface area contributed by atoms with Gasteiger partial charge >= 0.3 is 6.09 Å². The van der Waals surface area contributed by atoms with E-state index in [9.17, 15) is 9.18 Å². The van der Waals surface area contributed by atoms with Crippen molar-refractivity contribution in [2.45, 2.75) is 13.0 Å². The Labute approximate surface area is 218 Å². The molecule has 0 spiro atoms. The lowest BCUT2D eigenvalue weighted by Gasteiger charge is -2.29. The topological polar surface area (TPSA) is 66.9 Å². The van der Waals surface area contributed by atoms with Gasteiger partial charge in [-0.1, -0.05) is 12.2 Å². The second-order valence-electron chi connectivity index (χ2n) is 8.74. The van der Waals surface area contributed by atoms with Crippen LogP contribution in [0.1, 0.15) is 11.3 Å². The molecule has 1 aromatic heterocycles. The number of benzene rings is 2. The number of carbonyl (C=O) groups is 1. The number of hydrogen-bond acceptors (Lipinski definition) is 7. The highest BCUT2D eigenvalue weighted by Crippen LogP contribution is 2.29. The number of aromatic nitrogens is 1. The van der Waals surface area contributed by atoms with Crippen molar-refractivity contribution < 1.29 is 18.7 Å². The molecule has 2 aromatic carbocycles. The summed E-state index contributed by atoms with van der Waals surface area (Å²) in [7, 11) is 1.62. The van der Waals surface area contributed by atoms with E-state index < -0.39 is 12.2 Å². The zero-order chi connectivity index (χ0) is 25.2. The van der Waals surface area contributed by atoms with Crippen molar-refractivity contribution in [3.05, 3.63) is 59.5 Å². The van der Waals surface area contributed by atoms with Gasteiger partial charge in [-0.25, -0.2) is 9.18 Å². The third kappa shape index (κ3) is 5.05. The van der Waals surface area contributed by atoms with Gasteiger partial charge in [0.25, 0.3) is 0 Å². The van der Waals surface area contributed by atoms with Crippen LogP contribution in [-0.2, 0) is 4.74 Å². The molecule has 0 saturated carbocycles. The molecule has 2 saturated heterocycles. The van der Waals surface area contributed by atoms with E-state index in [2.05, 4.69) is 10.3 Å². The summed E-state index contributed by atoms with van der Waals surface area (Å²) in [6.45, 7) is 4.19. The molecule has 36 heavy (non-hydrogen) atoms. The maximum Gasteiger partial charge on any atom is 0.414 e. The molecule has 7 nitrogen and oxygen atoms in total. The summed E-state index contributed by atoms with van der Waals surface area (Å²) in [6, 6.07) is 12.6. The number of aryl methyl sites for hydroxylation is 1. The molecule has 0 aliphatic carbocycles. The standard InChI is InChI=1S/C26H27FN4O3S2/c1-16-21(11-17-3-5-19(33-2)13-23(17)29-16)25(35)28-14-20-15-31(26(32)34-20)18-4-6-24(22(27)12-18)30-7-9-36-10-8-30/h3-6,11-13,20H,7-10,14-15H2,1-2H3,(H,28,35)/t20-/m0/s1. The fourth-order valence-corrected chi connectivity index (χ4v) is 5.66. The number of halogens is 1. The number of fused-ring (bicyclic) bond motifs is 1. The predicted octanol–water partition coefficient (Wildman–Crippen LogP) is 4.53. The van der Waals surface area contributed by atoms with E-state index in [4.69, 9.17) is 21.7 Å². The highest BCUT2D eigenvalue weighted by Gasteiger charge is 2.33. The zero-order valence-corrected chi connectivity index (χ0v) is 21.8. The van der Waals surface area contributed by atoms with E-state index in [0.29, 0.717) is 29.5 Å². The van der Waals surface area contributed by atoms with Crippen molar-refractivity contribution in [1.29, 1.82) is 0 Å². The number of thiocarbonyl (C=S) groups is 1. The molecule has 10 heteroatoms. The highest BCUT2D eigenvalue weighted by molar-refractivity contribution is 7.99. The van der Waals surface area contributed by atoms with Crippen molar-refractivity contribution in [2.24, 2.45) is 0 Å². The smallest absolute Gasteiger partial charge is 0.414 e. The Morgan fingerprint density at radius 3 is 2.81 bits per heavy atom. The molecular weight excluding hydrogens is 499 g/mol. The summed E-state index contributed by atoms with van der Waals surface area (Å²) in [5.41, 5.74) is 3.51. The van der Waals surface area contributed by atoms with E-state index in [0.717, 1.165) is 52.5 Å². The summed E-state index contributed by atoms with van der Waals surface area (Å²) in [6.07, 6.45) is -0.915. The molecule has 3 heterocycles. The Balaban J connectivity index is 1.23. The van der Waals surface area contributed by atoms with Crippen molar-refractivity contribution in [1.82, 2.24) is 10.3 Å².